The molecule has 0 radical (unpaired) electrons. The highest BCUT2D eigenvalue weighted by Crippen LogP contribution is 2.37. The first kappa shape index (κ1) is 16.4. The summed E-state index contributed by atoms with van der Waals surface area (Å²) in [5.41, 5.74) is 1.37. The Morgan fingerprint density at radius 3 is 2.92 bits per heavy atom. The van der Waals surface area contributed by atoms with Crippen LogP contribution in [0.2, 0.25) is 0 Å². The molecule has 6 nitrogen and oxygen atoms in total. The van der Waals surface area contributed by atoms with E-state index in [1.807, 2.05) is 24.3 Å². The van der Waals surface area contributed by atoms with Gasteiger partial charge in [-0.25, -0.2) is 13.1 Å². The number of ether oxygens (including phenoxy) is 1. The Hall–Kier alpha value is -2.03. The number of hydrogen-bond acceptors (Lipinski definition) is 5. The van der Waals surface area contributed by atoms with Gasteiger partial charge in [0, 0.05) is 10.9 Å². The minimum absolute atomic E-state index is 0.0616. The molecule has 130 valence electrons. The number of sulfonamides is 1. The van der Waals surface area contributed by atoms with Crippen LogP contribution >= 0.6 is 11.8 Å². The van der Waals surface area contributed by atoms with Gasteiger partial charge in [-0.3, -0.25) is 4.79 Å². The number of thioether (sulfide) groups is 1. The minimum Gasteiger partial charge on any atom is -0.482 e. The highest BCUT2D eigenvalue weighted by Gasteiger charge is 2.27. The zero-order valence-corrected chi connectivity index (χ0v) is 14.8. The molecule has 2 aliphatic rings. The monoisotopic (exact) mass is 376 g/mol. The SMILES string of the molecule is O=C1COc2ccc(S(=O)(=O)N[C@@H]3CCSc4ccccc43)cc2N1. The maximum absolute atomic E-state index is 12.8. The molecule has 2 N–H and O–H groups in total. The summed E-state index contributed by atoms with van der Waals surface area (Å²) in [6.07, 6.45) is 0.728. The van der Waals surface area contributed by atoms with Crippen molar-refractivity contribution in [2.24, 2.45) is 0 Å². The molecule has 2 aliphatic heterocycles. The Labute approximate surface area is 150 Å². The number of carbonyl (C=O) groups excluding carboxylic acids is 1. The van der Waals surface area contributed by atoms with Gasteiger partial charge in [-0.1, -0.05) is 18.2 Å². The van der Waals surface area contributed by atoms with Crippen LogP contribution in [0.3, 0.4) is 0 Å². The zero-order chi connectivity index (χ0) is 17.4. The Morgan fingerprint density at radius 2 is 2.04 bits per heavy atom. The number of hydrogen-bond donors (Lipinski definition) is 2. The lowest BCUT2D eigenvalue weighted by Gasteiger charge is -2.26. The van der Waals surface area contributed by atoms with Crippen LogP contribution in [0.15, 0.2) is 52.3 Å². The Bertz CT molecular complexity index is 943. The molecule has 2 aromatic rings. The standard InChI is InChI=1S/C17H16N2O4S2/c20-17-10-23-15-6-5-11(9-14(15)18-17)25(21,22)19-13-7-8-24-16-4-2-1-3-12(13)16/h1-6,9,13,19H,7-8,10H2,(H,18,20)/t13-/m1/s1. The average Bonchev–Trinajstić information content (AvgIpc) is 2.61. The number of carbonyl (C=O) groups is 1. The molecule has 0 bridgehead atoms. The second-order valence-electron chi connectivity index (χ2n) is 5.84. The van der Waals surface area contributed by atoms with Crippen molar-refractivity contribution in [2.75, 3.05) is 17.7 Å². The molecule has 8 heteroatoms. The molecule has 0 unspecified atom stereocenters. The lowest BCUT2D eigenvalue weighted by atomic mass is 10.1. The molecule has 4 rings (SSSR count). The van der Waals surface area contributed by atoms with E-state index in [-0.39, 0.29) is 23.5 Å². The maximum atomic E-state index is 12.8. The van der Waals surface area contributed by atoms with E-state index in [1.165, 1.54) is 12.1 Å². The van der Waals surface area contributed by atoms with Crippen molar-refractivity contribution < 1.29 is 17.9 Å². The summed E-state index contributed by atoms with van der Waals surface area (Å²) in [6, 6.07) is 12.0. The van der Waals surface area contributed by atoms with Gasteiger partial charge in [-0.15, -0.1) is 11.8 Å². The molecule has 1 amide bonds. The quantitative estimate of drug-likeness (QED) is 0.860. The zero-order valence-electron chi connectivity index (χ0n) is 13.2. The van der Waals surface area contributed by atoms with E-state index < -0.39 is 10.0 Å². The van der Waals surface area contributed by atoms with Gasteiger partial charge in [0.15, 0.2) is 6.61 Å². The van der Waals surface area contributed by atoms with Crippen molar-refractivity contribution >= 4 is 33.4 Å². The molecule has 0 spiro atoms. The number of anilines is 1. The molecule has 0 fully saturated rings. The molecule has 0 saturated carbocycles. The van der Waals surface area contributed by atoms with Gasteiger partial charge >= 0.3 is 0 Å². The van der Waals surface area contributed by atoms with Gasteiger partial charge in [0.1, 0.15) is 5.75 Å². The summed E-state index contributed by atoms with van der Waals surface area (Å²) >= 11 is 1.73. The first-order chi connectivity index (χ1) is 12.0. The highest BCUT2D eigenvalue weighted by atomic mass is 32.2. The van der Waals surface area contributed by atoms with E-state index in [0.717, 1.165) is 22.6 Å². The minimum atomic E-state index is -3.72. The first-order valence-corrected chi connectivity index (χ1v) is 10.3. The maximum Gasteiger partial charge on any atom is 0.262 e. The first-order valence-electron chi connectivity index (χ1n) is 7.84. The Kier molecular flexibility index (Phi) is 4.18. The third kappa shape index (κ3) is 3.24. The molecule has 2 heterocycles. The Morgan fingerprint density at radius 1 is 1.20 bits per heavy atom. The third-order valence-corrected chi connectivity index (χ3v) is 6.74. The van der Waals surface area contributed by atoms with Gasteiger partial charge in [0.05, 0.1) is 10.6 Å². The van der Waals surface area contributed by atoms with Crippen molar-refractivity contribution in [1.29, 1.82) is 0 Å². The Balaban J connectivity index is 1.63. The van der Waals surface area contributed by atoms with Crippen LogP contribution in [-0.4, -0.2) is 26.7 Å². The number of rotatable bonds is 3. The van der Waals surface area contributed by atoms with Crippen LogP contribution in [-0.2, 0) is 14.8 Å². The van der Waals surface area contributed by atoms with E-state index in [4.69, 9.17) is 4.74 Å². The van der Waals surface area contributed by atoms with Crippen LogP contribution in [0, 0.1) is 0 Å². The van der Waals surface area contributed by atoms with Crippen LogP contribution in [0.5, 0.6) is 5.75 Å². The fourth-order valence-corrected chi connectivity index (χ4v) is 5.35. The average molecular weight is 376 g/mol. The fourth-order valence-electron chi connectivity index (χ4n) is 2.95. The number of amides is 1. The summed E-state index contributed by atoms with van der Waals surface area (Å²) in [7, 11) is -3.72. The van der Waals surface area contributed by atoms with Gasteiger partial charge in [-0.05, 0) is 42.0 Å². The molecule has 25 heavy (non-hydrogen) atoms. The third-order valence-electron chi connectivity index (χ3n) is 4.15. The lowest BCUT2D eigenvalue weighted by Crippen LogP contribution is -2.31. The molecule has 0 saturated heterocycles. The van der Waals surface area contributed by atoms with Crippen molar-refractivity contribution in [2.45, 2.75) is 22.3 Å². The van der Waals surface area contributed by atoms with E-state index in [2.05, 4.69) is 10.0 Å². The van der Waals surface area contributed by atoms with Crippen LogP contribution in [0.4, 0.5) is 5.69 Å². The van der Waals surface area contributed by atoms with Gasteiger partial charge in [0.2, 0.25) is 10.0 Å². The van der Waals surface area contributed by atoms with Crippen molar-refractivity contribution in [1.82, 2.24) is 4.72 Å². The fraction of sp³-hybridized carbons (Fsp3) is 0.235. The highest BCUT2D eigenvalue weighted by molar-refractivity contribution is 7.99. The van der Waals surface area contributed by atoms with E-state index >= 15 is 0 Å². The van der Waals surface area contributed by atoms with Crippen LogP contribution < -0.4 is 14.8 Å². The lowest BCUT2D eigenvalue weighted by molar-refractivity contribution is -0.118. The summed E-state index contributed by atoms with van der Waals surface area (Å²) in [4.78, 5) is 12.6. The van der Waals surface area contributed by atoms with Crippen molar-refractivity contribution in [3.8, 4) is 5.75 Å². The molecule has 2 aromatic carbocycles. The summed E-state index contributed by atoms with van der Waals surface area (Å²) < 4.78 is 33.7. The molecular weight excluding hydrogens is 360 g/mol. The summed E-state index contributed by atoms with van der Waals surface area (Å²) in [5.74, 6) is 1.03. The predicted octanol–water partition coefficient (Wildman–Crippen LogP) is 2.53. The second-order valence-corrected chi connectivity index (χ2v) is 8.69. The normalized spacial score (nSPS) is 19.4. The molecular formula is C17H16N2O4S2. The smallest absolute Gasteiger partial charge is 0.262 e. The van der Waals surface area contributed by atoms with E-state index in [9.17, 15) is 13.2 Å². The number of benzene rings is 2. The molecule has 1 atom stereocenters. The summed E-state index contributed by atoms with van der Waals surface area (Å²) in [6.45, 7) is -0.0616. The van der Waals surface area contributed by atoms with Gasteiger partial charge in [-0.2, -0.15) is 0 Å². The molecule has 0 aliphatic carbocycles. The predicted molar refractivity (Wildman–Crippen MR) is 95.4 cm³/mol. The van der Waals surface area contributed by atoms with Gasteiger partial charge in [0.25, 0.3) is 5.91 Å². The van der Waals surface area contributed by atoms with Crippen molar-refractivity contribution in [3.05, 3.63) is 48.0 Å². The van der Waals surface area contributed by atoms with E-state index in [1.54, 1.807) is 17.8 Å². The topological polar surface area (TPSA) is 84.5 Å². The second kappa shape index (κ2) is 6.36. The largest absolute Gasteiger partial charge is 0.482 e. The molecule has 0 aromatic heterocycles. The van der Waals surface area contributed by atoms with Gasteiger partial charge < -0.3 is 10.1 Å². The number of nitrogens with one attached hydrogen (secondary N) is 2. The van der Waals surface area contributed by atoms with Crippen LogP contribution in [0.25, 0.3) is 0 Å². The summed E-state index contributed by atoms with van der Waals surface area (Å²) in [5, 5.41) is 2.63. The van der Waals surface area contributed by atoms with Crippen LogP contribution in [0.1, 0.15) is 18.0 Å². The van der Waals surface area contributed by atoms with E-state index in [0.29, 0.717) is 11.4 Å². The van der Waals surface area contributed by atoms with Crippen molar-refractivity contribution in [3.63, 3.8) is 0 Å². The number of fused-ring (bicyclic) bond motifs is 2.